The molecule has 3 fully saturated rings. The number of carbonyl (C=O) groups excluding carboxylic acids is 1. The first-order valence-corrected chi connectivity index (χ1v) is 17.9. The summed E-state index contributed by atoms with van der Waals surface area (Å²) >= 11 is 0. The van der Waals surface area contributed by atoms with Crippen LogP contribution in [-0.2, 0) is 17.8 Å². The van der Waals surface area contributed by atoms with Crippen molar-refractivity contribution in [3.8, 4) is 22.8 Å². The van der Waals surface area contributed by atoms with Gasteiger partial charge in [0.15, 0.2) is 0 Å². The Morgan fingerprint density at radius 1 is 0.900 bits per heavy atom. The second-order valence-electron chi connectivity index (χ2n) is 13.6. The molecule has 0 unspecified atom stereocenters. The summed E-state index contributed by atoms with van der Waals surface area (Å²) in [4.78, 5) is 36.0. The first-order valence-electron chi connectivity index (χ1n) is 17.9. The fourth-order valence-electron chi connectivity index (χ4n) is 7.23. The Labute approximate surface area is 293 Å². The largest absolute Gasteiger partial charge is 0.465 e. The van der Waals surface area contributed by atoms with E-state index in [2.05, 4.69) is 61.5 Å². The third-order valence-electron chi connectivity index (χ3n) is 9.89. The number of hydrogen-bond acceptors (Lipinski definition) is 8. The number of halogens is 1. The highest BCUT2D eigenvalue weighted by Gasteiger charge is 2.26. The average Bonchev–Trinajstić information content (AvgIpc) is 3.11. The normalized spacial score (nSPS) is 20.7. The second-order valence-corrected chi connectivity index (χ2v) is 13.6. The van der Waals surface area contributed by atoms with E-state index in [1.807, 2.05) is 12.1 Å². The molecule has 6 rings (SSSR count). The van der Waals surface area contributed by atoms with E-state index in [0.717, 1.165) is 95.5 Å². The van der Waals surface area contributed by atoms with Crippen molar-refractivity contribution in [1.29, 1.82) is 0 Å². The number of hydrogen-bond donors (Lipinski definition) is 3. The SMILES string of the molecule is CCCN1CCN(Cc2ccc(-c3cccc(Oc4ncc(F)cc4C(=O)N[C@H]4CC[C@H](NC(=O)O)CC4)c3)c(CN3CCOCC3)c2)CC1. The van der Waals surface area contributed by atoms with Crippen LogP contribution < -0.4 is 15.4 Å². The summed E-state index contributed by atoms with van der Waals surface area (Å²) in [7, 11) is 0. The number of nitrogens with zero attached hydrogens (tertiary/aromatic N) is 4. The molecule has 0 atom stereocenters. The summed E-state index contributed by atoms with van der Waals surface area (Å²) in [5, 5.41) is 14.5. The number of ether oxygens (including phenoxy) is 2. The molecular weight excluding hydrogens is 639 g/mol. The van der Waals surface area contributed by atoms with Crippen LogP contribution in [0.4, 0.5) is 9.18 Å². The number of benzene rings is 2. The van der Waals surface area contributed by atoms with Crippen LogP contribution in [0.5, 0.6) is 11.6 Å². The van der Waals surface area contributed by atoms with Gasteiger partial charge in [-0.25, -0.2) is 14.2 Å². The maximum absolute atomic E-state index is 14.4. The second kappa shape index (κ2) is 17.2. The van der Waals surface area contributed by atoms with E-state index in [4.69, 9.17) is 14.6 Å². The highest BCUT2D eigenvalue weighted by atomic mass is 19.1. The van der Waals surface area contributed by atoms with Gasteiger partial charge in [-0.15, -0.1) is 0 Å². The predicted molar refractivity (Wildman–Crippen MR) is 189 cm³/mol. The molecule has 1 saturated carbocycles. The van der Waals surface area contributed by atoms with Gasteiger partial charge in [0, 0.05) is 64.4 Å². The molecule has 12 heteroatoms. The van der Waals surface area contributed by atoms with Gasteiger partial charge in [-0.3, -0.25) is 14.6 Å². The Morgan fingerprint density at radius 2 is 1.60 bits per heavy atom. The van der Waals surface area contributed by atoms with E-state index in [0.29, 0.717) is 31.4 Å². The lowest BCUT2D eigenvalue weighted by atomic mass is 9.91. The molecule has 2 aromatic carbocycles. The van der Waals surface area contributed by atoms with Crippen molar-refractivity contribution in [2.45, 2.75) is 64.2 Å². The van der Waals surface area contributed by atoms with Gasteiger partial charge in [-0.2, -0.15) is 0 Å². The summed E-state index contributed by atoms with van der Waals surface area (Å²) in [6.45, 7) is 12.7. The average molecular weight is 689 g/mol. The molecule has 0 spiro atoms. The van der Waals surface area contributed by atoms with Crippen LogP contribution >= 0.6 is 0 Å². The third-order valence-corrected chi connectivity index (χ3v) is 9.89. The van der Waals surface area contributed by atoms with Crippen molar-refractivity contribution < 1.29 is 28.6 Å². The van der Waals surface area contributed by atoms with Gasteiger partial charge in [-0.05, 0) is 79.1 Å². The molecule has 2 aliphatic heterocycles. The zero-order chi connectivity index (χ0) is 34.9. The van der Waals surface area contributed by atoms with Gasteiger partial charge in [0.1, 0.15) is 17.1 Å². The molecule has 268 valence electrons. The van der Waals surface area contributed by atoms with Gasteiger partial charge in [0.2, 0.25) is 5.88 Å². The molecule has 0 bridgehead atoms. The van der Waals surface area contributed by atoms with Crippen LogP contribution in [0.2, 0.25) is 0 Å². The van der Waals surface area contributed by atoms with Crippen LogP contribution in [0.25, 0.3) is 11.1 Å². The van der Waals surface area contributed by atoms with Crippen LogP contribution in [0, 0.1) is 5.82 Å². The number of pyridine rings is 1. The lowest BCUT2D eigenvalue weighted by molar-refractivity contribution is 0.0342. The minimum atomic E-state index is -1.05. The van der Waals surface area contributed by atoms with E-state index < -0.39 is 17.8 Å². The van der Waals surface area contributed by atoms with Gasteiger partial charge in [0.05, 0.1) is 19.4 Å². The minimum absolute atomic E-state index is 0.00840. The molecule has 3 aliphatic rings. The summed E-state index contributed by atoms with van der Waals surface area (Å²) in [6.07, 6.45) is 3.62. The lowest BCUT2D eigenvalue weighted by Gasteiger charge is -2.34. The summed E-state index contributed by atoms with van der Waals surface area (Å²) in [5.74, 6) is -0.610. The van der Waals surface area contributed by atoms with E-state index in [1.54, 1.807) is 6.07 Å². The Kier molecular flexibility index (Phi) is 12.3. The molecule has 1 aromatic heterocycles. The van der Waals surface area contributed by atoms with Crippen LogP contribution in [0.1, 0.15) is 60.5 Å². The molecule has 3 N–H and O–H groups in total. The molecular formula is C38H49FN6O5. The third kappa shape index (κ3) is 9.78. The predicted octanol–water partition coefficient (Wildman–Crippen LogP) is 5.35. The van der Waals surface area contributed by atoms with Gasteiger partial charge >= 0.3 is 6.09 Å². The molecule has 3 aromatic rings. The summed E-state index contributed by atoms with van der Waals surface area (Å²) < 4.78 is 26.2. The highest BCUT2D eigenvalue weighted by Crippen LogP contribution is 2.32. The van der Waals surface area contributed by atoms with Crippen molar-refractivity contribution in [1.82, 2.24) is 30.3 Å². The summed E-state index contributed by atoms with van der Waals surface area (Å²) in [6, 6.07) is 15.3. The van der Waals surface area contributed by atoms with E-state index in [1.165, 1.54) is 17.5 Å². The maximum atomic E-state index is 14.4. The monoisotopic (exact) mass is 688 g/mol. The standard InChI is InChI=1S/C38H49FN6O5/c1-2-12-43-13-15-44(16-14-43)25-27-6-11-34(29(21-27)26-45-17-19-49-20-18-45)28-4-3-5-33(22-28)50-37-35(23-30(39)24-40-37)36(46)41-31-7-9-32(10-8-31)42-38(47)48/h3-6,11,21-24,31-32,42H,2,7-10,12-20,25-26H2,1H3,(H,41,46)(H,47,48)/t31-,32-. The molecule has 11 nitrogen and oxygen atoms in total. The first-order chi connectivity index (χ1) is 24.3. The van der Waals surface area contributed by atoms with Crippen molar-refractivity contribution in [2.75, 3.05) is 59.0 Å². The van der Waals surface area contributed by atoms with Gasteiger partial charge in [0.25, 0.3) is 5.91 Å². The zero-order valence-corrected chi connectivity index (χ0v) is 28.9. The number of carbonyl (C=O) groups is 2. The van der Waals surface area contributed by atoms with E-state index >= 15 is 0 Å². The van der Waals surface area contributed by atoms with E-state index in [9.17, 15) is 14.0 Å². The lowest BCUT2D eigenvalue weighted by Crippen LogP contribution is -2.46. The summed E-state index contributed by atoms with van der Waals surface area (Å²) in [5.41, 5.74) is 4.63. The number of amides is 2. The highest BCUT2D eigenvalue weighted by molar-refractivity contribution is 5.96. The molecule has 2 saturated heterocycles. The Bertz CT molecular complexity index is 1600. The van der Waals surface area contributed by atoms with Crippen LogP contribution in [-0.4, -0.2) is 108 Å². The van der Waals surface area contributed by atoms with Crippen molar-refractivity contribution in [2.24, 2.45) is 0 Å². The zero-order valence-electron chi connectivity index (χ0n) is 28.9. The van der Waals surface area contributed by atoms with E-state index in [-0.39, 0.29) is 23.5 Å². The fraction of sp³-hybridized carbons (Fsp3) is 0.500. The smallest absolute Gasteiger partial charge is 0.404 e. The molecule has 2 amide bonds. The topological polar surface area (TPSA) is 120 Å². The molecule has 1 aliphatic carbocycles. The van der Waals surface area contributed by atoms with Crippen LogP contribution in [0.3, 0.4) is 0 Å². The minimum Gasteiger partial charge on any atom is -0.465 e. The van der Waals surface area contributed by atoms with Crippen molar-refractivity contribution in [3.63, 3.8) is 0 Å². The quantitative estimate of drug-likeness (QED) is 0.232. The number of nitrogens with one attached hydrogen (secondary N) is 2. The number of rotatable bonds is 12. The fourth-order valence-corrected chi connectivity index (χ4v) is 7.23. The Hall–Kier alpha value is -4.10. The Balaban J connectivity index is 1.18. The van der Waals surface area contributed by atoms with Gasteiger partial charge < -0.3 is 30.1 Å². The van der Waals surface area contributed by atoms with Crippen molar-refractivity contribution in [3.05, 3.63) is 77.2 Å². The number of piperazine rings is 1. The molecule has 3 heterocycles. The maximum Gasteiger partial charge on any atom is 0.404 e. The molecule has 0 radical (unpaired) electrons. The van der Waals surface area contributed by atoms with Crippen molar-refractivity contribution >= 4 is 12.0 Å². The number of carboxylic acid groups (broad SMARTS) is 1. The van der Waals surface area contributed by atoms with Gasteiger partial charge in [-0.1, -0.05) is 37.3 Å². The number of aromatic nitrogens is 1. The number of morpholine rings is 1. The van der Waals surface area contributed by atoms with Crippen LogP contribution in [0.15, 0.2) is 54.7 Å². The first kappa shape index (κ1) is 35.7. The Morgan fingerprint density at radius 3 is 2.32 bits per heavy atom. The molecule has 50 heavy (non-hydrogen) atoms.